The van der Waals surface area contributed by atoms with Crippen LogP contribution in [0.15, 0.2) is 97.3 Å². The van der Waals surface area contributed by atoms with Crippen molar-refractivity contribution < 1.29 is 33.4 Å². The Morgan fingerprint density at radius 2 is 1.30 bits per heavy atom. The van der Waals surface area contributed by atoms with E-state index < -0.39 is 24.3 Å². The highest BCUT2D eigenvalue weighted by atomic mass is 16.5. The zero-order valence-electron chi connectivity index (χ0n) is 36.9. The van der Waals surface area contributed by atoms with Crippen molar-refractivity contribution >= 4 is 34.8 Å². The van der Waals surface area contributed by atoms with Crippen LogP contribution in [0, 0.1) is 11.8 Å². The van der Waals surface area contributed by atoms with Gasteiger partial charge >= 0.3 is 12.2 Å². The molecule has 2 aromatic heterocycles. The highest BCUT2D eigenvalue weighted by Gasteiger charge is 2.41. The van der Waals surface area contributed by atoms with Gasteiger partial charge < -0.3 is 44.6 Å². The molecule has 332 valence electrons. The number of benzene rings is 4. The average Bonchev–Trinajstić information content (AvgIpc) is 4.16. The van der Waals surface area contributed by atoms with Crippen LogP contribution in [0.4, 0.5) is 9.59 Å². The minimum atomic E-state index is -1.01. The molecule has 0 bridgehead atoms. The number of H-pyrrole nitrogens is 2. The van der Waals surface area contributed by atoms with Gasteiger partial charge in [-0.05, 0) is 76.8 Å². The van der Waals surface area contributed by atoms with Crippen LogP contribution in [0.3, 0.4) is 0 Å². The van der Waals surface area contributed by atoms with E-state index in [9.17, 15) is 19.2 Å². The minimum absolute atomic E-state index is 0.120. The van der Waals surface area contributed by atoms with Crippen molar-refractivity contribution in [3.8, 4) is 39.4 Å². The molecular formula is C49H54N8O7. The first-order chi connectivity index (χ1) is 31.0. The van der Waals surface area contributed by atoms with Crippen LogP contribution in [0.2, 0.25) is 0 Å². The number of aromatic nitrogens is 4. The molecule has 4 N–H and O–H groups in total. The molecule has 8 rings (SSSR count). The van der Waals surface area contributed by atoms with Crippen molar-refractivity contribution in [2.45, 2.75) is 64.2 Å². The van der Waals surface area contributed by atoms with Gasteiger partial charge in [0.05, 0.1) is 57.2 Å². The fraction of sp³-hybridized carbons (Fsp3) is 0.347. The van der Waals surface area contributed by atoms with Crippen LogP contribution >= 0.6 is 0 Å². The predicted molar refractivity (Wildman–Crippen MR) is 242 cm³/mol. The first-order valence-electron chi connectivity index (χ1n) is 21.6. The van der Waals surface area contributed by atoms with Crippen LogP contribution in [0.5, 0.6) is 5.75 Å². The third-order valence-corrected chi connectivity index (χ3v) is 12.4. The number of nitrogens with one attached hydrogen (secondary N) is 4. The van der Waals surface area contributed by atoms with Crippen LogP contribution in [0.25, 0.3) is 44.4 Å². The Hall–Kier alpha value is -7.16. The van der Waals surface area contributed by atoms with Crippen molar-refractivity contribution in [3.05, 3.63) is 115 Å². The molecule has 15 nitrogen and oxygen atoms in total. The number of likely N-dealkylation sites (tertiary alicyclic amines) is 2. The third-order valence-electron chi connectivity index (χ3n) is 12.4. The van der Waals surface area contributed by atoms with Gasteiger partial charge in [-0.15, -0.1) is 0 Å². The molecule has 1 unspecified atom stereocenters. The molecule has 0 saturated carbocycles. The highest BCUT2D eigenvalue weighted by molar-refractivity contribution is 5.91. The van der Waals surface area contributed by atoms with E-state index in [4.69, 9.17) is 24.2 Å². The molecule has 2 fully saturated rings. The highest BCUT2D eigenvalue weighted by Crippen LogP contribution is 2.38. The predicted octanol–water partition coefficient (Wildman–Crippen LogP) is 8.35. The summed E-state index contributed by atoms with van der Waals surface area (Å²) in [4.78, 5) is 72.4. The summed E-state index contributed by atoms with van der Waals surface area (Å²) in [7, 11) is 4.09. The molecule has 4 heterocycles. The number of amides is 4. The van der Waals surface area contributed by atoms with Crippen LogP contribution in [-0.2, 0) is 19.1 Å². The van der Waals surface area contributed by atoms with Crippen molar-refractivity contribution in [2.24, 2.45) is 11.8 Å². The van der Waals surface area contributed by atoms with Crippen molar-refractivity contribution in [1.82, 2.24) is 40.4 Å². The lowest BCUT2D eigenvalue weighted by Gasteiger charge is -2.30. The second-order valence-corrected chi connectivity index (χ2v) is 16.9. The lowest BCUT2D eigenvalue weighted by Crippen LogP contribution is -2.51. The Kier molecular flexibility index (Phi) is 12.7. The van der Waals surface area contributed by atoms with E-state index in [1.165, 1.54) is 21.3 Å². The number of carbonyl (C=O) groups excluding carboxylic acids is 4. The number of nitrogens with zero attached hydrogens (tertiary/aromatic N) is 4. The number of fused-ring (bicyclic) bond motifs is 1. The standard InChI is InChI=1S/C49H54N8O7/c1-28(2)42(54-48(60)63-5)46(58)57-27-29(3)22-40(57)45-51-26-38(53-45)35-20-19-33-23-32(17-18-34(33)24-35)30-13-15-31(16-14-30)37-25-50-44(52-37)39-11-9-21-56(39)47(59)43(55-49(61)64-6)36-10-7-8-12-41(36)62-4/h7-8,10,12-20,23-26,28-29,39-40,42-43H,9,11,21-22,27H2,1-6H3,(H,50,52)(H,51,53)(H,54,60)(H,55,61)/t29?,39-,40-,42-,43+/m0/s1. The Morgan fingerprint density at radius 3 is 1.97 bits per heavy atom. The van der Waals surface area contributed by atoms with Crippen molar-refractivity contribution in [3.63, 3.8) is 0 Å². The van der Waals surface area contributed by atoms with Gasteiger partial charge in [0.15, 0.2) is 0 Å². The topological polar surface area (TPSA) is 184 Å². The number of carbonyl (C=O) groups is 4. The molecule has 4 amide bonds. The maximum Gasteiger partial charge on any atom is 0.407 e. The molecule has 2 aliphatic heterocycles. The largest absolute Gasteiger partial charge is 0.496 e. The smallest absolute Gasteiger partial charge is 0.407 e. The van der Waals surface area contributed by atoms with Gasteiger partial charge in [0.1, 0.15) is 29.5 Å². The number of imidazole rings is 2. The summed E-state index contributed by atoms with van der Waals surface area (Å²) in [5, 5.41) is 7.60. The van der Waals surface area contributed by atoms with E-state index in [0.717, 1.165) is 69.5 Å². The van der Waals surface area contributed by atoms with Gasteiger partial charge in [-0.3, -0.25) is 9.59 Å². The summed E-state index contributed by atoms with van der Waals surface area (Å²) in [6.07, 6.45) is 4.54. The number of aromatic amines is 2. The average molecular weight is 867 g/mol. The second kappa shape index (κ2) is 18.7. The van der Waals surface area contributed by atoms with Gasteiger partial charge in [0, 0.05) is 24.2 Å². The number of hydrogen-bond acceptors (Lipinski definition) is 9. The van der Waals surface area contributed by atoms with E-state index in [2.05, 4.69) is 88.2 Å². The third kappa shape index (κ3) is 8.87. The maximum atomic E-state index is 14.1. The fourth-order valence-corrected chi connectivity index (χ4v) is 9.00. The minimum Gasteiger partial charge on any atom is -0.496 e. The number of methoxy groups -OCH3 is 3. The molecule has 5 atom stereocenters. The lowest BCUT2D eigenvalue weighted by atomic mass is 9.98. The van der Waals surface area contributed by atoms with Gasteiger partial charge in [0.2, 0.25) is 5.91 Å². The first-order valence-corrected chi connectivity index (χ1v) is 21.6. The van der Waals surface area contributed by atoms with E-state index in [1.807, 2.05) is 31.0 Å². The summed E-state index contributed by atoms with van der Waals surface area (Å²) in [5.74, 6) is 1.62. The molecule has 0 aliphatic carbocycles. The molecule has 0 spiro atoms. The Bertz CT molecular complexity index is 2660. The van der Waals surface area contributed by atoms with E-state index in [0.29, 0.717) is 30.2 Å². The normalized spacial score (nSPS) is 18.2. The SMILES string of the molecule is COC(=O)N[C@H](C(=O)N1CC(C)C[C@H]1c1ncc(-c2ccc3cc(-c4ccc(-c5cnc([C@@H]6CCCN6C(=O)[C@H](NC(=O)OC)c6ccccc6OC)[nH]5)cc4)ccc3c2)[nH]1)C(C)C. The fourth-order valence-electron chi connectivity index (χ4n) is 9.00. The molecule has 64 heavy (non-hydrogen) atoms. The summed E-state index contributed by atoms with van der Waals surface area (Å²) >= 11 is 0. The number of ether oxygens (including phenoxy) is 3. The maximum absolute atomic E-state index is 14.1. The summed E-state index contributed by atoms with van der Waals surface area (Å²) in [6.45, 7) is 7.02. The van der Waals surface area contributed by atoms with Crippen LogP contribution in [-0.4, -0.2) is 94.2 Å². The van der Waals surface area contributed by atoms with E-state index in [1.54, 1.807) is 29.3 Å². The molecular weight excluding hydrogens is 813 g/mol. The monoisotopic (exact) mass is 866 g/mol. The Balaban J connectivity index is 0.953. The van der Waals surface area contributed by atoms with Gasteiger partial charge in [-0.1, -0.05) is 87.5 Å². The Labute approximate surface area is 371 Å². The first kappa shape index (κ1) is 43.5. The molecule has 2 saturated heterocycles. The molecule has 2 aliphatic rings. The zero-order valence-corrected chi connectivity index (χ0v) is 36.9. The zero-order chi connectivity index (χ0) is 45.1. The van der Waals surface area contributed by atoms with Crippen LogP contribution < -0.4 is 15.4 Å². The molecule has 15 heteroatoms. The summed E-state index contributed by atoms with van der Waals surface area (Å²) in [6, 6.07) is 25.9. The van der Waals surface area contributed by atoms with Crippen molar-refractivity contribution in [2.75, 3.05) is 34.4 Å². The quantitative estimate of drug-likeness (QED) is 0.0939. The van der Waals surface area contributed by atoms with Gasteiger partial charge in [0.25, 0.3) is 5.91 Å². The Morgan fingerprint density at radius 1 is 0.703 bits per heavy atom. The van der Waals surface area contributed by atoms with Crippen LogP contribution in [0.1, 0.15) is 75.4 Å². The van der Waals surface area contributed by atoms with E-state index in [-0.39, 0.29) is 35.7 Å². The summed E-state index contributed by atoms with van der Waals surface area (Å²) in [5.41, 5.74) is 6.31. The number of para-hydroxylation sites is 1. The van der Waals surface area contributed by atoms with Gasteiger partial charge in [-0.2, -0.15) is 0 Å². The molecule has 0 radical (unpaired) electrons. The second-order valence-electron chi connectivity index (χ2n) is 16.9. The number of hydrogen-bond donors (Lipinski definition) is 4. The summed E-state index contributed by atoms with van der Waals surface area (Å²) < 4.78 is 15.2. The molecule has 6 aromatic rings. The number of rotatable bonds is 12. The lowest BCUT2D eigenvalue weighted by molar-refractivity contribution is -0.136. The van der Waals surface area contributed by atoms with Crippen molar-refractivity contribution in [1.29, 1.82) is 0 Å². The molecule has 4 aromatic carbocycles. The van der Waals surface area contributed by atoms with Gasteiger partial charge in [-0.25, -0.2) is 19.6 Å². The van der Waals surface area contributed by atoms with E-state index >= 15 is 0 Å². The number of alkyl carbamates (subject to hydrolysis) is 2.